The lowest BCUT2D eigenvalue weighted by molar-refractivity contribution is 0.0697. The van der Waals surface area contributed by atoms with Crippen LogP contribution in [0.15, 0.2) is 54.6 Å². The summed E-state index contributed by atoms with van der Waals surface area (Å²) in [6, 6.07) is 18.3. The molecule has 0 bridgehead atoms. The fraction of sp³-hybridized carbons (Fsp3) is 0.350. The molecular weight excluding hydrogens is 300 g/mol. The van der Waals surface area contributed by atoms with Crippen LogP contribution in [-0.4, -0.2) is 41.7 Å². The van der Waals surface area contributed by atoms with E-state index in [0.29, 0.717) is 11.6 Å². The summed E-state index contributed by atoms with van der Waals surface area (Å²) in [6.07, 6.45) is 1.11. The molecular formula is C20H24N2O2. The molecule has 4 nitrogen and oxygen atoms in total. The van der Waals surface area contributed by atoms with Crippen LogP contribution in [0.3, 0.4) is 0 Å². The Labute approximate surface area is 143 Å². The average molecular weight is 324 g/mol. The van der Waals surface area contributed by atoms with Crippen LogP contribution in [0.2, 0.25) is 0 Å². The van der Waals surface area contributed by atoms with Gasteiger partial charge >= 0.3 is 5.97 Å². The number of benzene rings is 2. The van der Waals surface area contributed by atoms with Gasteiger partial charge in [-0.15, -0.1) is 0 Å². The highest BCUT2D eigenvalue weighted by Gasteiger charge is 2.25. The van der Waals surface area contributed by atoms with Crippen molar-refractivity contribution < 1.29 is 9.90 Å². The number of piperazine rings is 1. The number of carbonyl (C=O) groups is 1. The third-order valence-corrected chi connectivity index (χ3v) is 4.78. The lowest BCUT2D eigenvalue weighted by Gasteiger charge is -2.42. The molecule has 2 aromatic carbocycles. The van der Waals surface area contributed by atoms with E-state index in [1.807, 2.05) is 12.1 Å². The van der Waals surface area contributed by atoms with Gasteiger partial charge in [-0.1, -0.05) is 37.3 Å². The van der Waals surface area contributed by atoms with E-state index >= 15 is 0 Å². The van der Waals surface area contributed by atoms with E-state index < -0.39 is 5.97 Å². The second-order valence-corrected chi connectivity index (χ2v) is 6.32. The molecule has 24 heavy (non-hydrogen) atoms. The maximum atomic E-state index is 11.0. The van der Waals surface area contributed by atoms with Crippen LogP contribution < -0.4 is 4.90 Å². The zero-order chi connectivity index (χ0) is 16.9. The van der Waals surface area contributed by atoms with E-state index in [9.17, 15) is 4.79 Å². The molecule has 0 radical (unpaired) electrons. The second-order valence-electron chi connectivity index (χ2n) is 6.32. The molecule has 1 unspecified atom stereocenters. The summed E-state index contributed by atoms with van der Waals surface area (Å²) in [5.41, 5.74) is 2.81. The number of carboxylic acids is 1. The van der Waals surface area contributed by atoms with Crippen molar-refractivity contribution in [3.63, 3.8) is 0 Å². The van der Waals surface area contributed by atoms with Crippen molar-refractivity contribution in [3.8, 4) is 0 Å². The van der Waals surface area contributed by atoms with Gasteiger partial charge in [-0.2, -0.15) is 0 Å². The minimum atomic E-state index is -0.871. The predicted molar refractivity (Wildman–Crippen MR) is 96.5 cm³/mol. The Balaban J connectivity index is 1.65. The zero-order valence-electron chi connectivity index (χ0n) is 14.1. The largest absolute Gasteiger partial charge is 0.478 e. The third kappa shape index (κ3) is 3.77. The van der Waals surface area contributed by atoms with Gasteiger partial charge in [-0.3, -0.25) is 4.90 Å². The molecule has 0 aliphatic carbocycles. The molecule has 1 aliphatic rings. The van der Waals surface area contributed by atoms with Gasteiger partial charge in [0.15, 0.2) is 0 Å². The molecule has 2 aromatic rings. The van der Waals surface area contributed by atoms with Crippen molar-refractivity contribution in [1.82, 2.24) is 4.90 Å². The van der Waals surface area contributed by atoms with E-state index in [4.69, 9.17) is 5.11 Å². The molecule has 1 N–H and O–H groups in total. The van der Waals surface area contributed by atoms with Gasteiger partial charge < -0.3 is 10.0 Å². The zero-order valence-corrected chi connectivity index (χ0v) is 14.1. The molecule has 3 rings (SSSR count). The number of aromatic carboxylic acids is 1. The summed E-state index contributed by atoms with van der Waals surface area (Å²) < 4.78 is 0. The van der Waals surface area contributed by atoms with Crippen LogP contribution in [0.5, 0.6) is 0 Å². The normalized spacial score (nSPS) is 18.5. The van der Waals surface area contributed by atoms with E-state index in [1.165, 1.54) is 11.3 Å². The molecule has 0 spiro atoms. The number of nitrogens with zero attached hydrogens (tertiary/aromatic N) is 2. The Bertz CT molecular complexity index is 670. The number of hydrogen-bond donors (Lipinski definition) is 1. The fourth-order valence-corrected chi connectivity index (χ4v) is 3.35. The minimum Gasteiger partial charge on any atom is -0.478 e. The average Bonchev–Trinajstić information content (AvgIpc) is 2.63. The van der Waals surface area contributed by atoms with Crippen LogP contribution in [0, 0.1) is 0 Å². The van der Waals surface area contributed by atoms with E-state index in [-0.39, 0.29) is 0 Å². The van der Waals surface area contributed by atoms with Gasteiger partial charge in [-0.05, 0) is 36.2 Å². The first kappa shape index (κ1) is 16.5. The quantitative estimate of drug-likeness (QED) is 0.914. The van der Waals surface area contributed by atoms with E-state index in [1.54, 1.807) is 12.1 Å². The molecule has 1 heterocycles. The fourth-order valence-electron chi connectivity index (χ4n) is 3.35. The van der Waals surface area contributed by atoms with Gasteiger partial charge in [0.05, 0.1) is 5.56 Å². The second kappa shape index (κ2) is 7.49. The first-order valence-electron chi connectivity index (χ1n) is 8.53. The van der Waals surface area contributed by atoms with Crippen molar-refractivity contribution in [3.05, 3.63) is 65.7 Å². The maximum absolute atomic E-state index is 11.0. The summed E-state index contributed by atoms with van der Waals surface area (Å²) in [4.78, 5) is 15.9. The van der Waals surface area contributed by atoms with Crippen molar-refractivity contribution in [2.75, 3.05) is 24.5 Å². The molecule has 0 saturated carbocycles. The minimum absolute atomic E-state index is 0.347. The van der Waals surface area contributed by atoms with Crippen LogP contribution in [0.25, 0.3) is 0 Å². The van der Waals surface area contributed by atoms with E-state index in [2.05, 4.69) is 47.1 Å². The third-order valence-electron chi connectivity index (χ3n) is 4.78. The Morgan fingerprint density at radius 3 is 2.42 bits per heavy atom. The summed E-state index contributed by atoms with van der Waals surface area (Å²) in [5, 5.41) is 9.00. The van der Waals surface area contributed by atoms with Crippen LogP contribution >= 0.6 is 0 Å². The number of carboxylic acid groups (broad SMARTS) is 1. The SMILES string of the molecule is CCC1CN(c2ccccc2)CCN1Cc1ccc(C(=O)O)cc1. The Hall–Kier alpha value is -2.33. The maximum Gasteiger partial charge on any atom is 0.335 e. The topological polar surface area (TPSA) is 43.8 Å². The molecule has 1 saturated heterocycles. The molecule has 1 atom stereocenters. The smallest absolute Gasteiger partial charge is 0.335 e. The Morgan fingerprint density at radius 2 is 1.79 bits per heavy atom. The van der Waals surface area contributed by atoms with Gasteiger partial charge in [0.1, 0.15) is 0 Å². The lowest BCUT2D eigenvalue weighted by Crippen LogP contribution is -2.52. The van der Waals surface area contributed by atoms with Crippen LogP contribution in [-0.2, 0) is 6.54 Å². The first-order valence-corrected chi connectivity index (χ1v) is 8.53. The number of rotatable bonds is 5. The number of para-hydroxylation sites is 1. The summed E-state index contributed by atoms with van der Waals surface area (Å²) >= 11 is 0. The predicted octanol–water partition coefficient (Wildman–Crippen LogP) is 3.49. The molecule has 0 aromatic heterocycles. The monoisotopic (exact) mass is 324 g/mol. The number of hydrogen-bond acceptors (Lipinski definition) is 3. The molecule has 1 fully saturated rings. The highest BCUT2D eigenvalue weighted by atomic mass is 16.4. The van der Waals surface area contributed by atoms with Crippen LogP contribution in [0.4, 0.5) is 5.69 Å². The van der Waals surface area contributed by atoms with Crippen LogP contribution in [0.1, 0.15) is 29.3 Å². The molecule has 4 heteroatoms. The van der Waals surface area contributed by atoms with Crippen molar-refractivity contribution in [1.29, 1.82) is 0 Å². The molecule has 0 amide bonds. The van der Waals surface area contributed by atoms with Crippen molar-refractivity contribution in [2.45, 2.75) is 25.9 Å². The van der Waals surface area contributed by atoms with Crippen molar-refractivity contribution >= 4 is 11.7 Å². The number of anilines is 1. The highest BCUT2D eigenvalue weighted by molar-refractivity contribution is 5.87. The highest BCUT2D eigenvalue weighted by Crippen LogP contribution is 2.22. The Morgan fingerprint density at radius 1 is 1.08 bits per heavy atom. The molecule has 1 aliphatic heterocycles. The standard InChI is InChI=1S/C20H24N2O2/c1-2-18-15-22(19-6-4-3-5-7-19)13-12-21(18)14-16-8-10-17(11-9-16)20(23)24/h3-11,18H,2,12-15H2,1H3,(H,23,24). The van der Waals surface area contributed by atoms with Gasteiger partial charge in [-0.25, -0.2) is 4.79 Å². The Kier molecular flexibility index (Phi) is 5.16. The van der Waals surface area contributed by atoms with Gasteiger partial charge in [0, 0.05) is 37.9 Å². The van der Waals surface area contributed by atoms with Crippen molar-refractivity contribution in [2.24, 2.45) is 0 Å². The van der Waals surface area contributed by atoms with E-state index in [0.717, 1.165) is 32.6 Å². The van der Waals surface area contributed by atoms with Gasteiger partial charge in [0.2, 0.25) is 0 Å². The summed E-state index contributed by atoms with van der Waals surface area (Å²) in [5.74, 6) is -0.871. The lowest BCUT2D eigenvalue weighted by atomic mass is 10.1. The summed E-state index contributed by atoms with van der Waals surface area (Å²) in [7, 11) is 0. The summed E-state index contributed by atoms with van der Waals surface area (Å²) in [6.45, 7) is 6.19. The molecule has 126 valence electrons. The van der Waals surface area contributed by atoms with Gasteiger partial charge in [0.25, 0.3) is 0 Å². The first-order chi connectivity index (χ1) is 11.7.